The first-order valence-electron chi connectivity index (χ1n) is 3.70. The molecule has 0 saturated heterocycles. The molecule has 0 spiro atoms. The van der Waals surface area contributed by atoms with E-state index >= 15 is 0 Å². The van der Waals surface area contributed by atoms with Gasteiger partial charge in [0.15, 0.2) is 0 Å². The number of esters is 1. The van der Waals surface area contributed by atoms with Gasteiger partial charge in [-0.2, -0.15) is 0 Å². The van der Waals surface area contributed by atoms with Crippen molar-refractivity contribution in [1.82, 2.24) is 0 Å². The van der Waals surface area contributed by atoms with E-state index in [9.17, 15) is 4.79 Å². The molecule has 0 N–H and O–H groups in total. The molecule has 4 heteroatoms. The van der Waals surface area contributed by atoms with Gasteiger partial charge < -0.3 is 4.74 Å². The smallest absolute Gasteiger partial charge is 0.339 e. The van der Waals surface area contributed by atoms with Crippen molar-refractivity contribution in [3.63, 3.8) is 0 Å². The molecular weight excluding hydrogens is 373 g/mol. The molecule has 0 unspecified atom stereocenters. The molecule has 1 aromatic carbocycles. The fraction of sp³-hybridized carbons (Fsp3) is 0.222. The van der Waals surface area contributed by atoms with Crippen molar-refractivity contribution in [1.29, 1.82) is 0 Å². The van der Waals surface area contributed by atoms with Gasteiger partial charge in [0.2, 0.25) is 0 Å². The molecule has 13 heavy (non-hydrogen) atoms. The Morgan fingerprint density at radius 1 is 1.46 bits per heavy atom. The van der Waals surface area contributed by atoms with E-state index in [1.165, 1.54) is 0 Å². The van der Waals surface area contributed by atoms with Crippen molar-refractivity contribution < 1.29 is 37.2 Å². The Kier molecular flexibility index (Phi) is 6.42. The van der Waals surface area contributed by atoms with E-state index in [1.807, 2.05) is 6.07 Å². The fourth-order valence-corrected chi connectivity index (χ4v) is 1.11. The van der Waals surface area contributed by atoms with Crippen LogP contribution >= 0.6 is 12.6 Å². The number of hydrogen-bond acceptors (Lipinski definition) is 3. The second-order valence-corrected chi connectivity index (χ2v) is 2.72. The minimum absolute atomic E-state index is 0. The standard InChI is InChI=1S/C9H10O2S.Hg/c1-2-11-9(10)7-5-3-4-6-8(7)12;/h3-6,12H,2H2,1H3;. The Hall–Kier alpha value is -0.0249. The van der Waals surface area contributed by atoms with Crippen LogP contribution in [0.1, 0.15) is 17.3 Å². The predicted octanol–water partition coefficient (Wildman–Crippen LogP) is 2.15. The molecule has 0 saturated carbocycles. The number of thiol groups is 1. The summed E-state index contributed by atoms with van der Waals surface area (Å²) in [5.41, 5.74) is 0.516. The molecule has 0 aliphatic carbocycles. The number of ether oxygens (including phenoxy) is 1. The van der Waals surface area contributed by atoms with Crippen molar-refractivity contribution in [3.8, 4) is 0 Å². The van der Waals surface area contributed by atoms with Gasteiger partial charge in [0.05, 0.1) is 12.2 Å². The van der Waals surface area contributed by atoms with Gasteiger partial charge >= 0.3 is 5.97 Å². The van der Waals surface area contributed by atoms with Crippen LogP contribution in [-0.2, 0) is 32.4 Å². The molecule has 1 aromatic rings. The van der Waals surface area contributed by atoms with Crippen LogP contribution in [0.15, 0.2) is 29.2 Å². The Morgan fingerprint density at radius 3 is 2.62 bits per heavy atom. The molecule has 0 aliphatic heterocycles. The summed E-state index contributed by atoms with van der Waals surface area (Å²) in [5.74, 6) is -0.317. The summed E-state index contributed by atoms with van der Waals surface area (Å²) in [6.45, 7) is 2.17. The van der Waals surface area contributed by atoms with Crippen LogP contribution in [0, 0.1) is 0 Å². The SMILES string of the molecule is CCOC(=O)c1ccccc1S.[Hg]. The Balaban J connectivity index is 0.00000144. The molecule has 1 rings (SSSR count). The van der Waals surface area contributed by atoms with Crippen molar-refractivity contribution in [3.05, 3.63) is 29.8 Å². The van der Waals surface area contributed by atoms with E-state index in [0.29, 0.717) is 17.1 Å². The van der Waals surface area contributed by atoms with E-state index in [2.05, 4.69) is 12.6 Å². The minimum atomic E-state index is -0.317. The normalized spacial score (nSPS) is 8.77. The van der Waals surface area contributed by atoms with Gasteiger partial charge in [-0.05, 0) is 19.1 Å². The summed E-state index contributed by atoms with van der Waals surface area (Å²) in [6, 6.07) is 7.06. The summed E-state index contributed by atoms with van der Waals surface area (Å²) < 4.78 is 4.82. The van der Waals surface area contributed by atoms with Gasteiger partial charge in [-0.25, -0.2) is 4.79 Å². The summed E-state index contributed by atoms with van der Waals surface area (Å²) in [4.78, 5) is 11.8. The number of carbonyl (C=O) groups excluding carboxylic acids is 1. The third-order valence-electron chi connectivity index (χ3n) is 1.40. The fourth-order valence-electron chi connectivity index (χ4n) is 0.855. The first-order chi connectivity index (χ1) is 5.75. The monoisotopic (exact) mass is 384 g/mol. The molecule has 66 valence electrons. The molecule has 0 aromatic heterocycles. The number of rotatable bonds is 2. The molecule has 0 bridgehead atoms. The van der Waals surface area contributed by atoms with Crippen LogP contribution < -0.4 is 0 Å². The molecule has 0 aliphatic rings. The van der Waals surface area contributed by atoms with Crippen molar-refractivity contribution in [2.75, 3.05) is 6.61 Å². The summed E-state index contributed by atoms with van der Waals surface area (Å²) in [6.07, 6.45) is 0. The van der Waals surface area contributed by atoms with Gasteiger partial charge in [-0.3, -0.25) is 0 Å². The first-order valence-corrected chi connectivity index (χ1v) is 4.15. The van der Waals surface area contributed by atoms with Crippen LogP contribution in [-0.4, -0.2) is 12.6 Å². The molecule has 2 nitrogen and oxygen atoms in total. The van der Waals surface area contributed by atoms with Gasteiger partial charge in [0.25, 0.3) is 0 Å². The largest absolute Gasteiger partial charge is 0.462 e. The van der Waals surface area contributed by atoms with E-state index in [-0.39, 0.29) is 33.6 Å². The first kappa shape index (κ1) is 13.0. The number of benzene rings is 1. The molecule has 0 fully saturated rings. The van der Waals surface area contributed by atoms with Crippen LogP contribution in [0.2, 0.25) is 0 Å². The topological polar surface area (TPSA) is 26.3 Å². The maximum Gasteiger partial charge on any atom is 0.339 e. The third kappa shape index (κ3) is 3.69. The second kappa shape index (κ2) is 6.43. The Labute approximate surface area is 104 Å². The summed E-state index contributed by atoms with van der Waals surface area (Å²) >= 11 is 4.13. The van der Waals surface area contributed by atoms with E-state index < -0.39 is 0 Å². The zero-order valence-electron chi connectivity index (χ0n) is 7.49. The second-order valence-electron chi connectivity index (χ2n) is 2.24. The van der Waals surface area contributed by atoms with Crippen LogP contribution in [0.3, 0.4) is 0 Å². The summed E-state index contributed by atoms with van der Waals surface area (Å²) in [7, 11) is 0. The predicted molar refractivity (Wildman–Crippen MR) is 49.7 cm³/mol. The molecule has 0 amide bonds. The van der Waals surface area contributed by atoms with Crippen LogP contribution in [0.25, 0.3) is 0 Å². The Bertz CT molecular complexity index is 289. The maximum atomic E-state index is 11.2. The molecule has 0 radical (unpaired) electrons. The van der Waals surface area contributed by atoms with Crippen LogP contribution in [0.5, 0.6) is 0 Å². The van der Waals surface area contributed by atoms with Gasteiger partial charge in [-0.1, -0.05) is 12.1 Å². The van der Waals surface area contributed by atoms with E-state index in [4.69, 9.17) is 4.74 Å². The average Bonchev–Trinajstić information content (AvgIpc) is 2.05. The number of hydrogen-bond donors (Lipinski definition) is 1. The average molecular weight is 383 g/mol. The quantitative estimate of drug-likeness (QED) is 0.482. The third-order valence-corrected chi connectivity index (χ3v) is 1.79. The number of carbonyl (C=O) groups is 1. The maximum absolute atomic E-state index is 11.2. The van der Waals surface area contributed by atoms with E-state index in [1.54, 1.807) is 25.1 Å². The zero-order chi connectivity index (χ0) is 8.97. The Morgan fingerprint density at radius 2 is 2.08 bits per heavy atom. The van der Waals surface area contributed by atoms with E-state index in [0.717, 1.165) is 0 Å². The van der Waals surface area contributed by atoms with Gasteiger partial charge in [-0.15, -0.1) is 12.6 Å². The van der Waals surface area contributed by atoms with Crippen molar-refractivity contribution >= 4 is 18.6 Å². The van der Waals surface area contributed by atoms with Crippen LogP contribution in [0.4, 0.5) is 0 Å². The van der Waals surface area contributed by atoms with Crippen molar-refractivity contribution in [2.45, 2.75) is 11.8 Å². The summed E-state index contributed by atoms with van der Waals surface area (Å²) in [5, 5.41) is 0. The molecule has 0 heterocycles. The minimum Gasteiger partial charge on any atom is -0.462 e. The molecule has 0 atom stereocenters. The van der Waals surface area contributed by atoms with Gasteiger partial charge in [0.1, 0.15) is 0 Å². The zero-order valence-corrected chi connectivity index (χ0v) is 13.9. The van der Waals surface area contributed by atoms with Gasteiger partial charge in [0, 0.05) is 32.6 Å². The van der Waals surface area contributed by atoms with Crippen molar-refractivity contribution in [2.24, 2.45) is 0 Å². The molecular formula is C9H10HgO2S.